The third-order valence-electron chi connectivity index (χ3n) is 5.08. The topological polar surface area (TPSA) is 29.5 Å². The highest BCUT2D eigenvalue weighted by Crippen LogP contribution is 2.41. The molecule has 1 fully saturated rings. The molecule has 0 amide bonds. The first-order valence-corrected chi connectivity index (χ1v) is 7.84. The Bertz CT molecular complexity index is 422. The maximum Gasteiger partial charge on any atom is 0.125 e. The molecule has 1 aromatic rings. The largest absolute Gasteiger partial charge is 0.488 e. The molecule has 0 saturated heterocycles. The van der Waals surface area contributed by atoms with Crippen LogP contribution in [0.4, 0.5) is 0 Å². The van der Waals surface area contributed by atoms with Gasteiger partial charge >= 0.3 is 0 Å². The van der Waals surface area contributed by atoms with E-state index in [9.17, 15) is 5.11 Å². The van der Waals surface area contributed by atoms with Crippen LogP contribution in [-0.4, -0.2) is 17.3 Å². The van der Waals surface area contributed by atoms with Crippen molar-refractivity contribution in [3.63, 3.8) is 0 Å². The predicted octanol–water partition coefficient (Wildman–Crippen LogP) is 4.34. The molecule has 2 heteroatoms. The van der Waals surface area contributed by atoms with E-state index in [2.05, 4.69) is 39.8 Å². The van der Waals surface area contributed by atoms with Gasteiger partial charge in [0.1, 0.15) is 11.9 Å². The lowest BCUT2D eigenvalue weighted by Crippen LogP contribution is -2.42. The SMILES string of the molecule is CCC(C)(C)C1CCC(O)C(Oc2ccc(C)cc2)C1. The first-order valence-electron chi connectivity index (χ1n) is 7.84. The minimum atomic E-state index is -0.333. The van der Waals surface area contributed by atoms with Gasteiger partial charge in [0.25, 0.3) is 0 Å². The molecule has 2 rings (SSSR count). The van der Waals surface area contributed by atoms with Crippen LogP contribution in [0, 0.1) is 18.3 Å². The Kier molecular flexibility index (Phi) is 4.74. The van der Waals surface area contributed by atoms with Crippen molar-refractivity contribution in [3.05, 3.63) is 29.8 Å². The highest BCUT2D eigenvalue weighted by atomic mass is 16.5. The lowest BCUT2D eigenvalue weighted by atomic mass is 9.68. The van der Waals surface area contributed by atoms with Gasteiger partial charge in [-0.25, -0.2) is 0 Å². The van der Waals surface area contributed by atoms with Gasteiger partial charge in [-0.15, -0.1) is 0 Å². The van der Waals surface area contributed by atoms with Crippen LogP contribution in [0.3, 0.4) is 0 Å². The van der Waals surface area contributed by atoms with Crippen molar-refractivity contribution in [2.24, 2.45) is 11.3 Å². The summed E-state index contributed by atoms with van der Waals surface area (Å²) in [4.78, 5) is 0. The second-order valence-corrected chi connectivity index (χ2v) is 6.89. The maximum absolute atomic E-state index is 10.2. The lowest BCUT2D eigenvalue weighted by Gasteiger charge is -2.41. The van der Waals surface area contributed by atoms with Crippen LogP contribution in [0.15, 0.2) is 24.3 Å². The number of rotatable bonds is 4. The number of aliphatic hydroxyl groups is 1. The molecule has 1 saturated carbocycles. The first kappa shape index (κ1) is 15.4. The molecule has 20 heavy (non-hydrogen) atoms. The van der Waals surface area contributed by atoms with Gasteiger partial charge in [-0.1, -0.05) is 44.9 Å². The van der Waals surface area contributed by atoms with Crippen LogP contribution in [0.5, 0.6) is 5.75 Å². The fraction of sp³-hybridized carbons (Fsp3) is 0.667. The highest BCUT2D eigenvalue weighted by Gasteiger charge is 2.37. The molecule has 0 radical (unpaired) electrons. The molecule has 2 nitrogen and oxygen atoms in total. The van der Waals surface area contributed by atoms with Crippen LogP contribution in [0.1, 0.15) is 52.0 Å². The summed E-state index contributed by atoms with van der Waals surface area (Å²) in [6.07, 6.45) is 3.68. The quantitative estimate of drug-likeness (QED) is 0.886. The zero-order valence-electron chi connectivity index (χ0n) is 13.2. The van der Waals surface area contributed by atoms with Crippen LogP contribution in [-0.2, 0) is 0 Å². The van der Waals surface area contributed by atoms with E-state index in [1.807, 2.05) is 12.1 Å². The third-order valence-corrected chi connectivity index (χ3v) is 5.08. The average molecular weight is 276 g/mol. The van der Waals surface area contributed by atoms with Crippen LogP contribution in [0.2, 0.25) is 0 Å². The molecule has 0 aliphatic heterocycles. The highest BCUT2D eigenvalue weighted by molar-refractivity contribution is 5.26. The summed E-state index contributed by atoms with van der Waals surface area (Å²) in [5.74, 6) is 1.50. The van der Waals surface area contributed by atoms with Gasteiger partial charge in [-0.2, -0.15) is 0 Å². The van der Waals surface area contributed by atoms with Crippen molar-refractivity contribution in [2.45, 2.75) is 65.6 Å². The van der Waals surface area contributed by atoms with E-state index in [4.69, 9.17) is 4.74 Å². The lowest BCUT2D eigenvalue weighted by molar-refractivity contribution is -0.0333. The molecule has 0 spiro atoms. The number of hydrogen-bond acceptors (Lipinski definition) is 2. The average Bonchev–Trinajstić information content (AvgIpc) is 2.43. The normalized spacial score (nSPS) is 27.4. The third kappa shape index (κ3) is 3.54. The van der Waals surface area contributed by atoms with Gasteiger partial charge in [0.05, 0.1) is 6.10 Å². The Labute approximate surface area is 123 Å². The molecule has 1 aromatic carbocycles. The van der Waals surface area contributed by atoms with Crippen molar-refractivity contribution in [1.29, 1.82) is 0 Å². The summed E-state index contributed by atoms with van der Waals surface area (Å²) < 4.78 is 6.04. The monoisotopic (exact) mass is 276 g/mol. The molecule has 1 N–H and O–H groups in total. The van der Waals surface area contributed by atoms with Crippen LogP contribution >= 0.6 is 0 Å². The van der Waals surface area contributed by atoms with E-state index in [0.29, 0.717) is 11.3 Å². The van der Waals surface area contributed by atoms with Gasteiger partial charge in [0, 0.05) is 0 Å². The van der Waals surface area contributed by atoms with Crippen molar-refractivity contribution in [1.82, 2.24) is 0 Å². The molecular formula is C18H28O2. The molecule has 3 unspecified atom stereocenters. The zero-order valence-corrected chi connectivity index (χ0v) is 13.2. The van der Waals surface area contributed by atoms with Crippen LogP contribution in [0.25, 0.3) is 0 Å². The number of aliphatic hydroxyl groups excluding tert-OH is 1. The summed E-state index contributed by atoms with van der Waals surface area (Å²) in [5.41, 5.74) is 1.56. The summed E-state index contributed by atoms with van der Waals surface area (Å²) in [6, 6.07) is 8.10. The summed E-state index contributed by atoms with van der Waals surface area (Å²) in [7, 11) is 0. The van der Waals surface area contributed by atoms with E-state index in [1.165, 1.54) is 12.0 Å². The van der Waals surface area contributed by atoms with Crippen molar-refractivity contribution in [2.75, 3.05) is 0 Å². The zero-order chi connectivity index (χ0) is 14.8. The Balaban J connectivity index is 2.04. The van der Waals surface area contributed by atoms with Crippen molar-refractivity contribution < 1.29 is 9.84 Å². The Hall–Kier alpha value is -1.02. The number of aryl methyl sites for hydroxylation is 1. The molecule has 0 bridgehead atoms. The fourth-order valence-electron chi connectivity index (χ4n) is 3.03. The van der Waals surface area contributed by atoms with Gasteiger partial charge in [0.15, 0.2) is 0 Å². The molecule has 1 aliphatic carbocycles. The van der Waals surface area contributed by atoms with Gasteiger partial charge in [-0.05, 0) is 49.7 Å². The molecule has 0 aromatic heterocycles. The van der Waals surface area contributed by atoms with Crippen molar-refractivity contribution >= 4 is 0 Å². The van der Waals surface area contributed by atoms with E-state index < -0.39 is 0 Å². The molecule has 0 heterocycles. The first-order chi connectivity index (χ1) is 9.42. The Morgan fingerprint density at radius 1 is 1.20 bits per heavy atom. The summed E-state index contributed by atoms with van der Waals surface area (Å²) >= 11 is 0. The van der Waals surface area contributed by atoms with E-state index >= 15 is 0 Å². The van der Waals surface area contributed by atoms with Gasteiger partial charge in [0.2, 0.25) is 0 Å². The molecule has 112 valence electrons. The van der Waals surface area contributed by atoms with E-state index in [1.54, 1.807) is 0 Å². The minimum Gasteiger partial charge on any atom is -0.488 e. The second kappa shape index (κ2) is 6.17. The number of hydrogen-bond donors (Lipinski definition) is 1. The number of benzene rings is 1. The Morgan fingerprint density at radius 2 is 1.85 bits per heavy atom. The summed E-state index contributed by atoms with van der Waals surface area (Å²) in [5, 5.41) is 10.2. The Morgan fingerprint density at radius 3 is 2.45 bits per heavy atom. The van der Waals surface area contributed by atoms with Crippen molar-refractivity contribution in [3.8, 4) is 5.75 Å². The maximum atomic E-state index is 10.2. The van der Waals surface area contributed by atoms with E-state index in [-0.39, 0.29) is 12.2 Å². The number of ether oxygens (including phenoxy) is 1. The smallest absolute Gasteiger partial charge is 0.125 e. The van der Waals surface area contributed by atoms with Gasteiger partial charge < -0.3 is 9.84 Å². The second-order valence-electron chi connectivity index (χ2n) is 6.89. The standard InChI is InChI=1S/C18H28O2/c1-5-18(3,4)14-8-11-16(19)17(12-14)20-15-9-6-13(2)7-10-15/h6-7,9-10,14,16-17,19H,5,8,11-12H2,1-4H3. The fourth-order valence-corrected chi connectivity index (χ4v) is 3.03. The molecule has 3 atom stereocenters. The predicted molar refractivity (Wildman–Crippen MR) is 83.0 cm³/mol. The summed E-state index contributed by atoms with van der Waals surface area (Å²) in [6.45, 7) is 8.98. The molecular weight excluding hydrogens is 248 g/mol. The molecule has 1 aliphatic rings. The minimum absolute atomic E-state index is 0.0673. The van der Waals surface area contributed by atoms with Gasteiger partial charge in [-0.3, -0.25) is 0 Å². The van der Waals surface area contributed by atoms with Crippen LogP contribution < -0.4 is 4.74 Å². The van der Waals surface area contributed by atoms with E-state index in [0.717, 1.165) is 25.0 Å².